The molecule has 25 heavy (non-hydrogen) atoms. The van der Waals surface area contributed by atoms with Gasteiger partial charge in [-0.05, 0) is 58.1 Å². The number of allylic oxidation sites excluding steroid dienone is 2. The van der Waals surface area contributed by atoms with Crippen LogP contribution in [0.4, 0.5) is 0 Å². The fourth-order valence-electron chi connectivity index (χ4n) is 2.70. The van der Waals surface area contributed by atoms with E-state index in [4.69, 9.17) is 0 Å². The van der Waals surface area contributed by atoms with Gasteiger partial charge in [0.2, 0.25) is 0 Å². The number of carbonyl (C=O) groups excluding carboxylic acids is 1. The summed E-state index contributed by atoms with van der Waals surface area (Å²) in [5.41, 5.74) is 5.84. The molecule has 1 aromatic heterocycles. The quantitative estimate of drug-likeness (QED) is 0.444. The van der Waals surface area contributed by atoms with Gasteiger partial charge in [-0.1, -0.05) is 30.7 Å². The van der Waals surface area contributed by atoms with Crippen LogP contribution in [0, 0.1) is 12.8 Å². The summed E-state index contributed by atoms with van der Waals surface area (Å²) in [5, 5.41) is 4.07. The minimum atomic E-state index is -0.139. The number of nitrogens with zero attached hydrogens (tertiary/aromatic N) is 3. The fourth-order valence-corrected chi connectivity index (χ4v) is 2.70. The number of rotatable bonds is 8. The van der Waals surface area contributed by atoms with E-state index in [1.165, 1.54) is 5.57 Å². The van der Waals surface area contributed by atoms with Crippen molar-refractivity contribution >= 4 is 23.2 Å². The highest BCUT2D eigenvalue weighted by Crippen LogP contribution is 2.15. The number of aromatic nitrogens is 2. The third-order valence-corrected chi connectivity index (χ3v) is 4.15. The Balaban J connectivity index is 1.80. The largest absolute Gasteiger partial charge is 0.319 e. The Labute approximate surface area is 149 Å². The number of amides is 1. The summed E-state index contributed by atoms with van der Waals surface area (Å²) in [6.07, 6.45) is 7.14. The van der Waals surface area contributed by atoms with Crippen LogP contribution in [-0.2, 0) is 11.3 Å². The van der Waals surface area contributed by atoms with Crippen molar-refractivity contribution < 1.29 is 4.79 Å². The number of imidazole rings is 1. The van der Waals surface area contributed by atoms with Gasteiger partial charge in [0, 0.05) is 6.21 Å². The summed E-state index contributed by atoms with van der Waals surface area (Å²) in [6.45, 7) is 8.57. The van der Waals surface area contributed by atoms with E-state index in [9.17, 15) is 4.79 Å². The minimum absolute atomic E-state index is 0.139. The zero-order valence-electron chi connectivity index (χ0n) is 15.6. The third-order valence-electron chi connectivity index (χ3n) is 4.15. The highest BCUT2D eigenvalue weighted by atomic mass is 16.2. The second-order valence-corrected chi connectivity index (χ2v) is 6.78. The summed E-state index contributed by atoms with van der Waals surface area (Å²) in [4.78, 5) is 16.6. The van der Waals surface area contributed by atoms with E-state index in [1.54, 1.807) is 6.21 Å². The highest BCUT2D eigenvalue weighted by Gasteiger charge is 2.10. The van der Waals surface area contributed by atoms with Crippen molar-refractivity contribution in [2.24, 2.45) is 11.0 Å². The average Bonchev–Trinajstić information content (AvgIpc) is 2.87. The Bertz CT molecular complexity index is 769. The molecule has 2 aromatic rings. The number of benzene rings is 1. The van der Waals surface area contributed by atoms with Gasteiger partial charge in [-0.25, -0.2) is 10.4 Å². The van der Waals surface area contributed by atoms with Crippen molar-refractivity contribution in [1.29, 1.82) is 0 Å². The molecule has 0 aliphatic heterocycles. The van der Waals surface area contributed by atoms with Gasteiger partial charge in [-0.2, -0.15) is 5.10 Å². The lowest BCUT2D eigenvalue weighted by atomic mass is 10.0. The Morgan fingerprint density at radius 3 is 2.88 bits per heavy atom. The summed E-state index contributed by atoms with van der Waals surface area (Å²) in [7, 11) is 0. The normalized spacial score (nSPS) is 12.5. The van der Waals surface area contributed by atoms with Gasteiger partial charge in [0.15, 0.2) is 0 Å². The predicted molar refractivity (Wildman–Crippen MR) is 104 cm³/mol. The molecule has 0 fully saturated rings. The molecule has 1 aromatic carbocycles. The van der Waals surface area contributed by atoms with Gasteiger partial charge < -0.3 is 4.57 Å². The summed E-state index contributed by atoms with van der Waals surface area (Å²) >= 11 is 0. The van der Waals surface area contributed by atoms with Crippen LogP contribution in [0.25, 0.3) is 11.0 Å². The SMILES string of the molecule is CC(C)=CCCC(C)CC=NNC(=O)Cn1c(C)nc2ccccc21. The number of carbonyl (C=O) groups is 1. The van der Waals surface area contributed by atoms with Crippen LogP contribution in [0.2, 0.25) is 0 Å². The maximum absolute atomic E-state index is 12.1. The average molecular weight is 340 g/mol. The number of para-hydroxylation sites is 2. The molecule has 1 unspecified atom stereocenters. The van der Waals surface area contributed by atoms with Gasteiger partial charge in [-0.15, -0.1) is 0 Å². The van der Waals surface area contributed by atoms with Crippen LogP contribution in [-0.4, -0.2) is 21.7 Å². The predicted octanol–water partition coefficient (Wildman–Crippen LogP) is 4.22. The van der Waals surface area contributed by atoms with E-state index in [1.807, 2.05) is 35.8 Å². The lowest BCUT2D eigenvalue weighted by molar-refractivity contribution is -0.121. The molecule has 1 heterocycles. The van der Waals surface area contributed by atoms with Gasteiger partial charge >= 0.3 is 0 Å². The Hall–Kier alpha value is -2.43. The topological polar surface area (TPSA) is 59.3 Å². The van der Waals surface area contributed by atoms with Gasteiger partial charge in [0.25, 0.3) is 5.91 Å². The molecule has 134 valence electrons. The lowest BCUT2D eigenvalue weighted by Crippen LogP contribution is -2.23. The molecule has 5 heteroatoms. The van der Waals surface area contributed by atoms with E-state index in [2.05, 4.69) is 42.4 Å². The van der Waals surface area contributed by atoms with E-state index >= 15 is 0 Å². The minimum Gasteiger partial charge on any atom is -0.319 e. The van der Waals surface area contributed by atoms with E-state index < -0.39 is 0 Å². The third kappa shape index (κ3) is 5.85. The monoisotopic (exact) mass is 340 g/mol. The molecule has 2 rings (SSSR count). The second-order valence-electron chi connectivity index (χ2n) is 6.78. The smallest absolute Gasteiger partial charge is 0.260 e. The van der Waals surface area contributed by atoms with Crippen molar-refractivity contribution in [3.8, 4) is 0 Å². The van der Waals surface area contributed by atoms with Gasteiger partial charge in [0.05, 0.1) is 11.0 Å². The summed E-state index contributed by atoms with van der Waals surface area (Å²) < 4.78 is 1.90. The molecule has 1 N–H and O–H groups in total. The van der Waals surface area contributed by atoms with Crippen molar-refractivity contribution in [1.82, 2.24) is 15.0 Å². The number of hydrogen-bond acceptors (Lipinski definition) is 3. The Morgan fingerprint density at radius 2 is 2.12 bits per heavy atom. The molecule has 0 radical (unpaired) electrons. The summed E-state index contributed by atoms with van der Waals surface area (Å²) in [5.74, 6) is 1.24. The van der Waals surface area contributed by atoms with E-state index in [-0.39, 0.29) is 12.5 Å². The summed E-state index contributed by atoms with van der Waals surface area (Å²) in [6, 6.07) is 7.82. The maximum atomic E-state index is 12.1. The molecule has 0 aliphatic rings. The molecule has 0 spiro atoms. The molecule has 5 nitrogen and oxygen atoms in total. The van der Waals surface area contributed by atoms with Crippen LogP contribution in [0.3, 0.4) is 0 Å². The molecule has 0 saturated carbocycles. The van der Waals surface area contributed by atoms with Crippen molar-refractivity contribution in [3.63, 3.8) is 0 Å². The number of nitrogens with one attached hydrogen (secondary N) is 1. The number of hydrogen-bond donors (Lipinski definition) is 1. The number of hydrazone groups is 1. The molecule has 0 bridgehead atoms. The van der Waals surface area contributed by atoms with Gasteiger partial charge in [0.1, 0.15) is 12.4 Å². The van der Waals surface area contributed by atoms with E-state index in [0.29, 0.717) is 5.92 Å². The van der Waals surface area contributed by atoms with Crippen molar-refractivity contribution in [2.75, 3.05) is 0 Å². The van der Waals surface area contributed by atoms with Crippen LogP contribution in [0.1, 0.15) is 45.9 Å². The zero-order valence-corrected chi connectivity index (χ0v) is 15.6. The van der Waals surface area contributed by atoms with Crippen LogP contribution >= 0.6 is 0 Å². The highest BCUT2D eigenvalue weighted by molar-refractivity contribution is 5.81. The first-order valence-corrected chi connectivity index (χ1v) is 8.83. The molecule has 0 saturated heterocycles. The van der Waals surface area contributed by atoms with Crippen LogP contribution < -0.4 is 5.43 Å². The lowest BCUT2D eigenvalue weighted by Gasteiger charge is -2.07. The number of fused-ring (bicyclic) bond motifs is 1. The first kappa shape index (κ1) is 18.9. The molecule has 1 atom stereocenters. The first-order chi connectivity index (χ1) is 12.0. The fraction of sp³-hybridized carbons (Fsp3) is 0.450. The Kier molecular flexibility index (Phi) is 6.92. The standard InChI is InChI=1S/C20H28N4O/c1-15(2)8-7-9-16(3)12-13-21-23-20(25)14-24-17(4)22-18-10-5-6-11-19(18)24/h5-6,8,10-11,13,16H,7,9,12,14H2,1-4H3,(H,23,25). The van der Waals surface area contributed by atoms with Crippen molar-refractivity contribution in [3.05, 3.63) is 41.7 Å². The van der Waals surface area contributed by atoms with Gasteiger partial charge in [-0.3, -0.25) is 4.79 Å². The second kappa shape index (κ2) is 9.16. The molecular formula is C20H28N4O. The van der Waals surface area contributed by atoms with Crippen LogP contribution in [0.5, 0.6) is 0 Å². The van der Waals surface area contributed by atoms with Crippen molar-refractivity contribution in [2.45, 2.75) is 53.5 Å². The van der Waals surface area contributed by atoms with E-state index in [0.717, 1.165) is 36.1 Å². The Morgan fingerprint density at radius 1 is 1.36 bits per heavy atom. The van der Waals surface area contributed by atoms with Crippen LogP contribution in [0.15, 0.2) is 41.0 Å². The molecule has 1 amide bonds. The number of aryl methyl sites for hydroxylation is 1. The molecular weight excluding hydrogens is 312 g/mol. The maximum Gasteiger partial charge on any atom is 0.260 e. The molecule has 0 aliphatic carbocycles. The zero-order chi connectivity index (χ0) is 18.2. The first-order valence-electron chi connectivity index (χ1n) is 8.83.